The third-order valence-electron chi connectivity index (χ3n) is 6.73. The van der Waals surface area contributed by atoms with Crippen molar-refractivity contribution in [3.05, 3.63) is 36.0 Å². The summed E-state index contributed by atoms with van der Waals surface area (Å²) in [4.78, 5) is 25.7. The van der Waals surface area contributed by atoms with Crippen LogP contribution in [0.15, 0.2) is 30.3 Å². The Hall–Kier alpha value is -2.72. The Morgan fingerprint density at radius 3 is 2.47 bits per heavy atom. The Bertz CT molecular complexity index is 1160. The predicted octanol–water partition coefficient (Wildman–Crippen LogP) is 3.27. The van der Waals surface area contributed by atoms with Gasteiger partial charge in [-0.3, -0.25) is 0 Å². The molecule has 2 aromatic rings. The second-order valence-corrected chi connectivity index (χ2v) is 12.2. The molecule has 1 saturated carbocycles. The number of rotatable bonds is 6. The van der Waals surface area contributed by atoms with Gasteiger partial charge in [-0.15, -0.1) is 0 Å². The summed E-state index contributed by atoms with van der Waals surface area (Å²) in [6.07, 6.45) is 3.32. The number of morpholine rings is 1. The van der Waals surface area contributed by atoms with Crippen LogP contribution < -0.4 is 10.2 Å². The van der Waals surface area contributed by atoms with E-state index in [-0.39, 0.29) is 12.1 Å². The van der Waals surface area contributed by atoms with Crippen molar-refractivity contribution in [1.29, 1.82) is 0 Å². The topological polar surface area (TPSA) is 105 Å². The zero-order valence-corrected chi connectivity index (χ0v) is 21.2. The molecule has 4 rings (SSSR count). The molecule has 1 aliphatic carbocycles. The number of nitrogens with zero attached hydrogens (tertiary/aromatic N) is 4. The number of hydrogen-bond donors (Lipinski definition) is 1. The Kier molecular flexibility index (Phi) is 6.56. The first-order valence-electron chi connectivity index (χ1n) is 11.5. The molecule has 1 aromatic carbocycles. The molecule has 0 bridgehead atoms. The van der Waals surface area contributed by atoms with Crippen molar-refractivity contribution in [3.63, 3.8) is 0 Å². The Morgan fingerprint density at radius 2 is 1.88 bits per heavy atom. The van der Waals surface area contributed by atoms with Crippen LogP contribution in [0, 0.1) is 0 Å². The molecule has 1 saturated heterocycles. The van der Waals surface area contributed by atoms with E-state index >= 15 is 0 Å². The number of carbonyl (C=O) groups is 1. The fourth-order valence-corrected chi connectivity index (χ4v) is 4.30. The number of benzene rings is 1. The second-order valence-electron chi connectivity index (χ2n) is 9.68. The van der Waals surface area contributed by atoms with E-state index in [1.807, 2.05) is 24.3 Å². The summed E-state index contributed by atoms with van der Waals surface area (Å²) in [7, 11) is -1.63. The summed E-state index contributed by atoms with van der Waals surface area (Å²) in [5.74, 6) is 1.12. The van der Waals surface area contributed by atoms with Gasteiger partial charge in [0.25, 0.3) is 0 Å². The second kappa shape index (κ2) is 9.14. The molecule has 1 N–H and O–H groups in total. The van der Waals surface area contributed by atoms with Gasteiger partial charge in [-0.05, 0) is 57.9 Å². The largest absolute Gasteiger partial charge is 0.377 e. The van der Waals surface area contributed by atoms with Gasteiger partial charge >= 0.3 is 6.03 Å². The molecule has 184 valence electrons. The fourth-order valence-electron chi connectivity index (χ4n) is 3.82. The van der Waals surface area contributed by atoms with Crippen molar-refractivity contribution < 1.29 is 17.9 Å². The monoisotopic (exact) mass is 487 g/mol. The van der Waals surface area contributed by atoms with E-state index < -0.39 is 14.6 Å². The van der Waals surface area contributed by atoms with Crippen molar-refractivity contribution in [2.45, 2.75) is 50.4 Å². The van der Waals surface area contributed by atoms with Crippen molar-refractivity contribution in [2.75, 3.05) is 43.3 Å². The normalized spacial score (nSPS) is 19.1. The summed E-state index contributed by atoms with van der Waals surface area (Å²) < 4.78 is 29.5. The van der Waals surface area contributed by atoms with Crippen molar-refractivity contribution in [2.24, 2.45) is 0 Å². The molecule has 9 nitrogen and oxygen atoms in total. The SMILES string of the molecule is C[C@H]1COCCN1c1cc(C(C)(C)S(C)(=O)=O)nc(-c2ccc(NC(=O)N(C)C3CC3)cc2)n1. The zero-order valence-electron chi connectivity index (χ0n) is 20.4. The number of carbonyl (C=O) groups excluding carboxylic acids is 1. The average Bonchev–Trinajstić information content (AvgIpc) is 3.64. The first-order valence-corrected chi connectivity index (χ1v) is 13.4. The molecule has 1 aliphatic heterocycles. The number of ether oxygens (including phenoxy) is 1. The number of hydrogen-bond acceptors (Lipinski definition) is 7. The smallest absolute Gasteiger partial charge is 0.321 e. The lowest BCUT2D eigenvalue weighted by Gasteiger charge is -2.35. The van der Waals surface area contributed by atoms with Gasteiger partial charge in [0, 0.05) is 43.2 Å². The van der Waals surface area contributed by atoms with Gasteiger partial charge in [-0.25, -0.2) is 23.2 Å². The van der Waals surface area contributed by atoms with Crippen molar-refractivity contribution >= 4 is 27.4 Å². The number of amides is 2. The van der Waals surface area contributed by atoms with Crippen LogP contribution in [0.25, 0.3) is 11.4 Å². The molecular weight excluding hydrogens is 454 g/mol. The molecule has 34 heavy (non-hydrogen) atoms. The highest BCUT2D eigenvalue weighted by Crippen LogP contribution is 2.33. The van der Waals surface area contributed by atoms with Crippen LogP contribution in [0.5, 0.6) is 0 Å². The lowest BCUT2D eigenvalue weighted by molar-refractivity contribution is 0.0985. The van der Waals surface area contributed by atoms with Gasteiger partial charge in [-0.2, -0.15) is 0 Å². The van der Waals surface area contributed by atoms with Gasteiger partial charge < -0.3 is 19.9 Å². The number of nitrogens with one attached hydrogen (secondary N) is 1. The van der Waals surface area contributed by atoms with E-state index in [1.165, 1.54) is 6.26 Å². The van der Waals surface area contributed by atoms with Crippen LogP contribution in [0.2, 0.25) is 0 Å². The minimum absolute atomic E-state index is 0.103. The highest BCUT2D eigenvalue weighted by molar-refractivity contribution is 7.91. The van der Waals surface area contributed by atoms with Crippen molar-refractivity contribution in [3.8, 4) is 11.4 Å². The average molecular weight is 488 g/mol. The maximum atomic E-state index is 12.6. The Labute approximate surface area is 201 Å². The van der Waals surface area contributed by atoms with Gasteiger partial charge in [-0.1, -0.05) is 0 Å². The van der Waals surface area contributed by atoms with E-state index in [1.54, 1.807) is 31.9 Å². The highest BCUT2D eigenvalue weighted by atomic mass is 32.2. The van der Waals surface area contributed by atoms with Crippen LogP contribution >= 0.6 is 0 Å². The van der Waals surface area contributed by atoms with E-state index in [0.29, 0.717) is 48.8 Å². The molecule has 0 radical (unpaired) electrons. The Morgan fingerprint density at radius 1 is 1.21 bits per heavy atom. The van der Waals surface area contributed by atoms with Gasteiger partial charge in [0.1, 0.15) is 10.6 Å². The lowest BCUT2D eigenvalue weighted by atomic mass is 10.1. The molecule has 10 heteroatoms. The third kappa shape index (κ3) is 5.02. The van der Waals surface area contributed by atoms with Crippen molar-refractivity contribution in [1.82, 2.24) is 14.9 Å². The maximum Gasteiger partial charge on any atom is 0.321 e. The van der Waals surface area contributed by atoms with E-state index in [2.05, 4.69) is 22.1 Å². The molecular formula is C24H33N5O4S. The summed E-state index contributed by atoms with van der Waals surface area (Å²) in [6, 6.07) is 9.37. The van der Waals surface area contributed by atoms with Gasteiger partial charge in [0.2, 0.25) is 0 Å². The lowest BCUT2D eigenvalue weighted by Crippen LogP contribution is -2.44. The number of aromatic nitrogens is 2. The quantitative estimate of drug-likeness (QED) is 0.667. The molecule has 0 unspecified atom stereocenters. The van der Waals surface area contributed by atoms with Crippen LogP contribution in [-0.4, -0.2) is 74.5 Å². The number of sulfone groups is 1. The summed E-state index contributed by atoms with van der Waals surface area (Å²) in [5, 5.41) is 2.91. The molecule has 2 amide bonds. The maximum absolute atomic E-state index is 12.6. The van der Waals surface area contributed by atoms with Gasteiger partial charge in [0.05, 0.1) is 24.9 Å². The third-order valence-corrected chi connectivity index (χ3v) is 8.79. The minimum Gasteiger partial charge on any atom is -0.377 e. The molecule has 2 heterocycles. The van der Waals surface area contributed by atoms with Crippen LogP contribution in [0.4, 0.5) is 16.3 Å². The zero-order chi connectivity index (χ0) is 24.7. The van der Waals surface area contributed by atoms with E-state index in [9.17, 15) is 13.2 Å². The van der Waals surface area contributed by atoms with Gasteiger partial charge in [0.15, 0.2) is 15.7 Å². The standard InChI is InChI=1S/C24H33N5O4S/c1-16-15-33-13-12-29(16)21-14-20(24(2,3)34(5,31)32)26-22(27-21)17-6-8-18(9-7-17)25-23(30)28(4)19-10-11-19/h6-9,14,16,19H,10-13,15H2,1-5H3,(H,25,30)/t16-/m0/s1. The van der Waals surface area contributed by atoms with Crippen LogP contribution in [-0.2, 0) is 19.3 Å². The molecule has 2 fully saturated rings. The predicted molar refractivity (Wildman–Crippen MR) is 133 cm³/mol. The summed E-state index contributed by atoms with van der Waals surface area (Å²) >= 11 is 0. The minimum atomic E-state index is -3.43. The first kappa shape index (κ1) is 24.4. The molecule has 2 aliphatic rings. The number of anilines is 2. The van der Waals surface area contributed by atoms with Crippen LogP contribution in [0.3, 0.4) is 0 Å². The van der Waals surface area contributed by atoms with E-state index in [0.717, 1.165) is 18.4 Å². The molecule has 1 atom stereocenters. The fraction of sp³-hybridized carbons (Fsp3) is 0.542. The van der Waals surface area contributed by atoms with Crippen LogP contribution in [0.1, 0.15) is 39.3 Å². The first-order chi connectivity index (χ1) is 16.0. The number of urea groups is 1. The molecule has 0 spiro atoms. The highest BCUT2D eigenvalue weighted by Gasteiger charge is 2.36. The van der Waals surface area contributed by atoms with E-state index in [4.69, 9.17) is 9.72 Å². The summed E-state index contributed by atoms with van der Waals surface area (Å²) in [5.41, 5.74) is 1.86. The summed E-state index contributed by atoms with van der Waals surface area (Å²) in [6.45, 7) is 7.20. The Balaban J connectivity index is 1.68. The molecule has 1 aromatic heterocycles.